The molecule has 3 rings (SSSR count). The van der Waals surface area contributed by atoms with E-state index in [1.807, 2.05) is 54.6 Å². The van der Waals surface area contributed by atoms with Crippen LogP contribution in [0.3, 0.4) is 0 Å². The van der Waals surface area contributed by atoms with Crippen LogP contribution in [0.1, 0.15) is 0 Å². The summed E-state index contributed by atoms with van der Waals surface area (Å²) in [6, 6.07) is 17.8. The van der Waals surface area contributed by atoms with Gasteiger partial charge < -0.3 is 14.8 Å². The van der Waals surface area contributed by atoms with Gasteiger partial charge in [-0.15, -0.1) is 0 Å². The van der Waals surface area contributed by atoms with Gasteiger partial charge in [0.25, 0.3) is 6.02 Å². The molecule has 0 radical (unpaired) electrons. The van der Waals surface area contributed by atoms with E-state index in [0.29, 0.717) is 12.6 Å². The maximum Gasteiger partial charge on any atom is 0.290 e. The number of benzene rings is 2. The van der Waals surface area contributed by atoms with E-state index in [2.05, 4.69) is 10.3 Å². The van der Waals surface area contributed by atoms with Crippen LogP contribution in [0.2, 0.25) is 0 Å². The van der Waals surface area contributed by atoms with Crippen molar-refractivity contribution in [1.82, 2.24) is 5.32 Å². The van der Waals surface area contributed by atoms with Crippen molar-refractivity contribution in [3.8, 4) is 11.5 Å². The van der Waals surface area contributed by atoms with Crippen molar-refractivity contribution >= 4 is 11.7 Å². The van der Waals surface area contributed by atoms with Gasteiger partial charge >= 0.3 is 0 Å². The number of rotatable bonds is 3. The number of nitrogens with one attached hydrogen (secondary N) is 1. The Morgan fingerprint density at radius 1 is 0.947 bits per heavy atom. The molecule has 0 aromatic heterocycles. The van der Waals surface area contributed by atoms with Crippen LogP contribution in [-0.4, -0.2) is 19.2 Å². The SMILES string of the molecule is c1ccc(Oc2ccc(N=C3NCCO3)cc2)cc1. The summed E-state index contributed by atoms with van der Waals surface area (Å²) in [4.78, 5) is 4.33. The molecule has 1 heterocycles. The minimum absolute atomic E-state index is 0.580. The van der Waals surface area contributed by atoms with E-state index in [1.54, 1.807) is 0 Å². The molecule has 4 heteroatoms. The number of amidine groups is 1. The highest BCUT2D eigenvalue weighted by atomic mass is 16.5. The Morgan fingerprint density at radius 2 is 1.68 bits per heavy atom. The van der Waals surface area contributed by atoms with Gasteiger partial charge in [-0.05, 0) is 36.4 Å². The zero-order valence-corrected chi connectivity index (χ0v) is 10.4. The molecule has 0 amide bonds. The lowest BCUT2D eigenvalue weighted by atomic mass is 10.3. The van der Waals surface area contributed by atoms with Gasteiger partial charge in [-0.25, -0.2) is 0 Å². The summed E-state index contributed by atoms with van der Waals surface area (Å²) in [6.07, 6.45) is 0. The smallest absolute Gasteiger partial charge is 0.290 e. The average Bonchev–Trinajstić information content (AvgIpc) is 2.95. The monoisotopic (exact) mass is 254 g/mol. The standard InChI is InChI=1S/C15H14N2O2/c1-2-4-13(5-3-1)19-14-8-6-12(7-9-14)17-15-16-10-11-18-15/h1-9H,10-11H2,(H,16,17). The number of aliphatic imine (C=N–C) groups is 1. The normalized spacial score (nSPS) is 15.9. The number of para-hydroxylation sites is 1. The van der Waals surface area contributed by atoms with Crippen molar-refractivity contribution in [2.24, 2.45) is 4.99 Å². The third-order valence-corrected chi connectivity index (χ3v) is 2.66. The van der Waals surface area contributed by atoms with Gasteiger partial charge in [-0.2, -0.15) is 4.99 Å². The molecule has 1 saturated heterocycles. The highest BCUT2D eigenvalue weighted by Crippen LogP contribution is 2.23. The average molecular weight is 254 g/mol. The quantitative estimate of drug-likeness (QED) is 0.915. The molecule has 2 aromatic rings. The first kappa shape index (κ1) is 11.6. The third-order valence-electron chi connectivity index (χ3n) is 2.66. The summed E-state index contributed by atoms with van der Waals surface area (Å²) in [6.45, 7) is 1.49. The van der Waals surface area contributed by atoms with Crippen molar-refractivity contribution in [2.45, 2.75) is 0 Å². The van der Waals surface area contributed by atoms with Crippen LogP contribution in [0, 0.1) is 0 Å². The summed E-state index contributed by atoms with van der Waals surface area (Å²) in [5.41, 5.74) is 0.838. The Balaban J connectivity index is 1.70. The van der Waals surface area contributed by atoms with Crippen molar-refractivity contribution in [2.75, 3.05) is 13.2 Å². The molecule has 1 aliphatic heterocycles. The Hall–Kier alpha value is -2.49. The molecule has 0 saturated carbocycles. The van der Waals surface area contributed by atoms with Crippen LogP contribution in [0.5, 0.6) is 11.5 Å². The van der Waals surface area contributed by atoms with Gasteiger partial charge in [0.15, 0.2) is 0 Å². The van der Waals surface area contributed by atoms with Gasteiger partial charge in [0.05, 0.1) is 12.2 Å². The van der Waals surface area contributed by atoms with Gasteiger partial charge in [-0.1, -0.05) is 18.2 Å². The fraction of sp³-hybridized carbons (Fsp3) is 0.133. The molecule has 0 bridgehead atoms. The molecule has 2 aromatic carbocycles. The Kier molecular flexibility index (Phi) is 3.32. The predicted octanol–water partition coefficient (Wildman–Crippen LogP) is 3.09. The number of hydrogen-bond acceptors (Lipinski definition) is 3. The third kappa shape index (κ3) is 3.04. The van der Waals surface area contributed by atoms with Gasteiger partial charge in [-0.3, -0.25) is 0 Å². The van der Waals surface area contributed by atoms with Crippen molar-refractivity contribution in [3.05, 3.63) is 54.6 Å². The fourth-order valence-corrected chi connectivity index (χ4v) is 1.76. The Morgan fingerprint density at radius 3 is 2.37 bits per heavy atom. The van der Waals surface area contributed by atoms with Gasteiger partial charge in [0.1, 0.15) is 18.1 Å². The Labute approximate surface area is 111 Å². The highest BCUT2D eigenvalue weighted by Gasteiger charge is 2.07. The summed E-state index contributed by atoms with van der Waals surface area (Å²) >= 11 is 0. The van der Waals surface area contributed by atoms with Crippen molar-refractivity contribution in [1.29, 1.82) is 0 Å². The predicted molar refractivity (Wildman–Crippen MR) is 74.0 cm³/mol. The van der Waals surface area contributed by atoms with Crippen molar-refractivity contribution in [3.63, 3.8) is 0 Å². The number of hydrogen-bond donors (Lipinski definition) is 1. The summed E-state index contributed by atoms with van der Waals surface area (Å²) in [7, 11) is 0. The van der Waals surface area contributed by atoms with Crippen LogP contribution in [0.4, 0.5) is 5.69 Å². The first-order chi connectivity index (χ1) is 9.40. The molecular formula is C15H14N2O2. The van der Waals surface area contributed by atoms with Crippen LogP contribution >= 0.6 is 0 Å². The first-order valence-electron chi connectivity index (χ1n) is 6.18. The molecule has 0 spiro atoms. The second-order valence-electron chi connectivity index (χ2n) is 4.10. The molecular weight excluding hydrogens is 240 g/mol. The highest BCUT2D eigenvalue weighted by molar-refractivity contribution is 5.78. The number of ether oxygens (including phenoxy) is 2. The van der Waals surface area contributed by atoms with Crippen LogP contribution in [-0.2, 0) is 4.74 Å². The van der Waals surface area contributed by atoms with Crippen LogP contribution in [0.15, 0.2) is 59.6 Å². The maximum atomic E-state index is 5.71. The largest absolute Gasteiger partial charge is 0.463 e. The molecule has 0 aliphatic carbocycles. The second-order valence-corrected chi connectivity index (χ2v) is 4.10. The zero-order chi connectivity index (χ0) is 12.9. The van der Waals surface area contributed by atoms with Gasteiger partial charge in [0.2, 0.25) is 0 Å². The Bertz CT molecular complexity index is 556. The van der Waals surface area contributed by atoms with Crippen LogP contribution in [0.25, 0.3) is 0 Å². The van der Waals surface area contributed by atoms with E-state index in [4.69, 9.17) is 9.47 Å². The summed E-state index contributed by atoms with van der Waals surface area (Å²) < 4.78 is 11.0. The molecule has 1 aliphatic rings. The minimum Gasteiger partial charge on any atom is -0.463 e. The zero-order valence-electron chi connectivity index (χ0n) is 10.4. The lowest BCUT2D eigenvalue weighted by molar-refractivity contribution is 0.353. The molecule has 19 heavy (non-hydrogen) atoms. The molecule has 1 fully saturated rings. The summed E-state index contributed by atoms with van der Waals surface area (Å²) in [5.74, 6) is 1.61. The van der Waals surface area contributed by atoms with Crippen LogP contribution < -0.4 is 10.1 Å². The second kappa shape index (κ2) is 5.44. The van der Waals surface area contributed by atoms with Crippen molar-refractivity contribution < 1.29 is 9.47 Å². The van der Waals surface area contributed by atoms with E-state index in [0.717, 1.165) is 23.7 Å². The van der Waals surface area contributed by atoms with E-state index < -0.39 is 0 Å². The van der Waals surface area contributed by atoms with Gasteiger partial charge in [0, 0.05) is 0 Å². The topological polar surface area (TPSA) is 42.8 Å². The first-order valence-corrected chi connectivity index (χ1v) is 6.18. The molecule has 0 atom stereocenters. The number of nitrogens with zero attached hydrogens (tertiary/aromatic N) is 1. The van der Waals surface area contributed by atoms with E-state index >= 15 is 0 Å². The summed E-state index contributed by atoms with van der Waals surface area (Å²) in [5, 5.41) is 3.06. The van der Waals surface area contributed by atoms with E-state index in [-0.39, 0.29) is 0 Å². The fourth-order valence-electron chi connectivity index (χ4n) is 1.76. The lowest BCUT2D eigenvalue weighted by Gasteiger charge is -2.05. The maximum absolute atomic E-state index is 5.71. The molecule has 4 nitrogen and oxygen atoms in total. The minimum atomic E-state index is 0.580. The molecule has 0 unspecified atom stereocenters. The molecule has 1 N–H and O–H groups in total. The molecule has 96 valence electrons. The lowest BCUT2D eigenvalue weighted by Crippen LogP contribution is -2.14. The van der Waals surface area contributed by atoms with E-state index in [1.165, 1.54) is 0 Å². The van der Waals surface area contributed by atoms with E-state index in [9.17, 15) is 0 Å².